The summed E-state index contributed by atoms with van der Waals surface area (Å²) in [5.41, 5.74) is 2.65. The highest BCUT2D eigenvalue weighted by atomic mass is 16.5. The monoisotopic (exact) mass is 278 g/mol. The van der Waals surface area contributed by atoms with Gasteiger partial charge in [-0.25, -0.2) is 0 Å². The number of benzene rings is 1. The van der Waals surface area contributed by atoms with Crippen molar-refractivity contribution in [2.24, 2.45) is 0 Å². The number of hydrogen-bond donors (Lipinski definition) is 1. The minimum absolute atomic E-state index is 0.118. The molecule has 0 spiro atoms. The number of para-hydroxylation sites is 1. The van der Waals surface area contributed by atoms with Crippen molar-refractivity contribution in [1.29, 1.82) is 0 Å². The predicted molar refractivity (Wildman–Crippen MR) is 81.8 cm³/mol. The van der Waals surface area contributed by atoms with Gasteiger partial charge in [0, 0.05) is 0 Å². The molecule has 3 heteroatoms. The topological polar surface area (TPSA) is 22.9 Å². The van der Waals surface area contributed by atoms with Crippen molar-refractivity contribution in [2.45, 2.75) is 33.1 Å². The number of nitrogens with one attached hydrogen (secondary N) is 1. The fourth-order valence-electron chi connectivity index (χ4n) is 2.64. The largest absolute Gasteiger partial charge is 0.487 e. The molecule has 0 aromatic heterocycles. The average Bonchev–Trinajstić information content (AvgIpc) is 2.40. The van der Waals surface area contributed by atoms with Gasteiger partial charge in [-0.15, -0.1) is 0 Å². The van der Waals surface area contributed by atoms with E-state index in [0.717, 1.165) is 45.2 Å². The van der Waals surface area contributed by atoms with Crippen LogP contribution in [-0.2, 0) is 10.2 Å². The Kier molecular flexibility index (Phi) is 5.06. The summed E-state index contributed by atoms with van der Waals surface area (Å²) >= 11 is 0. The second kappa shape index (κ2) is 6.59. The number of ether oxygens (including phenoxy) is 2. The predicted octanol–water partition coefficient (Wildman–Crippen LogP) is 1.59. The summed E-state index contributed by atoms with van der Waals surface area (Å²) in [6, 6.07) is 6.44. The molecule has 1 saturated heterocycles. The third kappa shape index (κ3) is 3.97. The van der Waals surface area contributed by atoms with Gasteiger partial charge in [-0.2, -0.15) is 0 Å². The van der Waals surface area contributed by atoms with Crippen LogP contribution in [0.15, 0.2) is 18.2 Å². The number of aryl methyl sites for hydroxylation is 1. The first-order valence-electron chi connectivity index (χ1n) is 7.62. The van der Waals surface area contributed by atoms with Crippen molar-refractivity contribution < 1.29 is 14.4 Å². The van der Waals surface area contributed by atoms with E-state index in [1.54, 1.807) is 4.90 Å². The molecule has 2 rings (SSSR count). The summed E-state index contributed by atoms with van der Waals surface area (Å²) < 4.78 is 11.5. The van der Waals surface area contributed by atoms with Crippen LogP contribution in [-0.4, -0.2) is 39.5 Å². The average molecular weight is 278 g/mol. The lowest BCUT2D eigenvalue weighted by Crippen LogP contribution is -3.14. The highest BCUT2D eigenvalue weighted by Crippen LogP contribution is 2.33. The van der Waals surface area contributed by atoms with Gasteiger partial charge in [-0.05, 0) is 23.5 Å². The van der Waals surface area contributed by atoms with E-state index >= 15 is 0 Å². The SMILES string of the molecule is Cc1cccc(C(C)(C)C)c1OCC[NH+]1CCOCC1. The smallest absolute Gasteiger partial charge is 0.137 e. The summed E-state index contributed by atoms with van der Waals surface area (Å²) in [5.74, 6) is 1.08. The van der Waals surface area contributed by atoms with Crippen molar-refractivity contribution in [3.05, 3.63) is 29.3 Å². The van der Waals surface area contributed by atoms with Crippen LogP contribution in [0.1, 0.15) is 31.9 Å². The van der Waals surface area contributed by atoms with E-state index in [4.69, 9.17) is 9.47 Å². The molecule has 0 unspecified atom stereocenters. The molecule has 112 valence electrons. The molecule has 1 N–H and O–H groups in total. The van der Waals surface area contributed by atoms with Crippen LogP contribution in [0, 0.1) is 6.92 Å². The molecular weight excluding hydrogens is 250 g/mol. The maximum absolute atomic E-state index is 6.14. The van der Waals surface area contributed by atoms with Crippen molar-refractivity contribution in [1.82, 2.24) is 0 Å². The Hall–Kier alpha value is -1.06. The molecule has 0 saturated carbocycles. The van der Waals surface area contributed by atoms with E-state index in [-0.39, 0.29) is 5.41 Å². The van der Waals surface area contributed by atoms with Gasteiger partial charge in [0.25, 0.3) is 0 Å². The molecule has 1 aliphatic heterocycles. The summed E-state index contributed by atoms with van der Waals surface area (Å²) in [6.45, 7) is 14.6. The molecular formula is C17H28NO2+. The second-order valence-corrected chi connectivity index (χ2v) is 6.66. The van der Waals surface area contributed by atoms with Gasteiger partial charge in [0.2, 0.25) is 0 Å². The molecule has 0 radical (unpaired) electrons. The molecule has 1 aromatic rings. The highest BCUT2D eigenvalue weighted by Gasteiger charge is 2.20. The van der Waals surface area contributed by atoms with E-state index in [2.05, 4.69) is 45.9 Å². The lowest BCUT2D eigenvalue weighted by molar-refractivity contribution is -0.908. The van der Waals surface area contributed by atoms with Crippen LogP contribution < -0.4 is 9.64 Å². The molecule has 1 aliphatic rings. The van der Waals surface area contributed by atoms with Gasteiger partial charge >= 0.3 is 0 Å². The molecule has 1 aromatic carbocycles. The van der Waals surface area contributed by atoms with E-state index in [0.29, 0.717) is 0 Å². The first-order chi connectivity index (χ1) is 9.48. The van der Waals surface area contributed by atoms with Gasteiger partial charge in [-0.1, -0.05) is 39.0 Å². The molecule has 3 nitrogen and oxygen atoms in total. The lowest BCUT2D eigenvalue weighted by Gasteiger charge is -2.26. The Labute approximate surface area is 122 Å². The Morgan fingerprint density at radius 3 is 2.55 bits per heavy atom. The fourth-order valence-corrected chi connectivity index (χ4v) is 2.64. The van der Waals surface area contributed by atoms with Crippen molar-refractivity contribution in [3.63, 3.8) is 0 Å². The molecule has 1 fully saturated rings. The van der Waals surface area contributed by atoms with Crippen LogP contribution >= 0.6 is 0 Å². The third-order valence-corrected chi connectivity index (χ3v) is 3.92. The third-order valence-electron chi connectivity index (χ3n) is 3.92. The quantitative estimate of drug-likeness (QED) is 0.904. The summed E-state index contributed by atoms with van der Waals surface area (Å²) in [5, 5.41) is 0. The summed E-state index contributed by atoms with van der Waals surface area (Å²) in [6.07, 6.45) is 0. The van der Waals surface area contributed by atoms with Crippen LogP contribution in [0.3, 0.4) is 0 Å². The lowest BCUT2D eigenvalue weighted by atomic mass is 9.85. The second-order valence-electron chi connectivity index (χ2n) is 6.66. The van der Waals surface area contributed by atoms with Gasteiger partial charge in [-0.3, -0.25) is 0 Å². The zero-order valence-corrected chi connectivity index (χ0v) is 13.3. The van der Waals surface area contributed by atoms with E-state index < -0.39 is 0 Å². The standard InChI is InChI=1S/C17H27NO2/c1-14-6-5-7-15(17(2,3)4)16(14)20-13-10-18-8-11-19-12-9-18/h5-7H,8-13H2,1-4H3/p+1. The number of hydrogen-bond acceptors (Lipinski definition) is 2. The van der Waals surface area contributed by atoms with Gasteiger partial charge < -0.3 is 14.4 Å². The first kappa shape index (κ1) is 15.3. The van der Waals surface area contributed by atoms with Gasteiger partial charge in [0.1, 0.15) is 32.0 Å². The summed E-state index contributed by atoms with van der Waals surface area (Å²) in [4.78, 5) is 1.59. The first-order valence-corrected chi connectivity index (χ1v) is 7.62. The van der Waals surface area contributed by atoms with Crippen LogP contribution in [0.4, 0.5) is 0 Å². The van der Waals surface area contributed by atoms with Gasteiger partial charge in [0.05, 0.1) is 13.2 Å². The highest BCUT2D eigenvalue weighted by molar-refractivity contribution is 5.44. The van der Waals surface area contributed by atoms with Gasteiger partial charge in [0.15, 0.2) is 0 Å². The number of rotatable bonds is 4. The Morgan fingerprint density at radius 2 is 1.90 bits per heavy atom. The molecule has 0 amide bonds. The van der Waals surface area contributed by atoms with E-state index in [9.17, 15) is 0 Å². The zero-order chi connectivity index (χ0) is 14.6. The molecule has 0 aliphatic carbocycles. The van der Waals surface area contributed by atoms with Crippen molar-refractivity contribution in [3.8, 4) is 5.75 Å². The van der Waals surface area contributed by atoms with Crippen LogP contribution in [0.25, 0.3) is 0 Å². The fraction of sp³-hybridized carbons (Fsp3) is 0.647. The minimum Gasteiger partial charge on any atom is -0.487 e. The molecule has 0 bridgehead atoms. The number of quaternary nitrogens is 1. The van der Waals surface area contributed by atoms with Crippen molar-refractivity contribution >= 4 is 0 Å². The minimum atomic E-state index is 0.118. The Morgan fingerprint density at radius 1 is 1.20 bits per heavy atom. The molecule has 20 heavy (non-hydrogen) atoms. The number of morpholine rings is 1. The Balaban J connectivity index is 1.98. The Bertz CT molecular complexity index is 431. The zero-order valence-electron chi connectivity index (χ0n) is 13.3. The molecule has 0 atom stereocenters. The van der Waals surface area contributed by atoms with E-state index in [1.165, 1.54) is 11.1 Å². The maximum Gasteiger partial charge on any atom is 0.137 e. The van der Waals surface area contributed by atoms with Crippen LogP contribution in [0.5, 0.6) is 5.75 Å². The summed E-state index contributed by atoms with van der Waals surface area (Å²) in [7, 11) is 0. The van der Waals surface area contributed by atoms with Crippen LogP contribution in [0.2, 0.25) is 0 Å². The molecule has 1 heterocycles. The normalized spacial score (nSPS) is 17.2. The maximum atomic E-state index is 6.14. The van der Waals surface area contributed by atoms with E-state index in [1.807, 2.05) is 0 Å². The van der Waals surface area contributed by atoms with Crippen molar-refractivity contribution in [2.75, 3.05) is 39.5 Å².